The Hall–Kier alpha value is -1.96. The summed E-state index contributed by atoms with van der Waals surface area (Å²) in [5.74, 6) is -0.456. The Morgan fingerprint density at radius 3 is 2.39 bits per heavy atom. The molecule has 0 saturated carbocycles. The van der Waals surface area contributed by atoms with Crippen molar-refractivity contribution < 1.29 is 13.3 Å². The van der Waals surface area contributed by atoms with Gasteiger partial charge in [0.15, 0.2) is 0 Å². The first-order chi connectivity index (χ1) is 10.8. The van der Waals surface area contributed by atoms with Gasteiger partial charge in [-0.25, -0.2) is 13.1 Å². The van der Waals surface area contributed by atoms with Crippen molar-refractivity contribution in [2.24, 2.45) is 0 Å². The normalized spacial score (nSPS) is 12.8. The van der Waals surface area contributed by atoms with Crippen LogP contribution in [0.5, 0.6) is 0 Å². The molecule has 0 aromatic heterocycles. The number of para-hydroxylation sites is 1. The lowest BCUT2D eigenvalue weighted by atomic mass is 10.1. The highest BCUT2D eigenvalue weighted by Crippen LogP contribution is 2.22. The molecule has 0 heterocycles. The molecule has 2 aromatic rings. The van der Waals surface area contributed by atoms with Crippen molar-refractivity contribution in [2.45, 2.75) is 18.7 Å². The Bertz CT molecular complexity index is 806. The number of rotatable bonds is 6. The van der Waals surface area contributed by atoms with E-state index in [0.717, 1.165) is 5.56 Å². The topological polar surface area (TPSA) is 89.3 Å². The maximum absolute atomic E-state index is 12.3. The van der Waals surface area contributed by atoms with Gasteiger partial charge in [0.1, 0.15) is 0 Å². The molecule has 1 unspecified atom stereocenters. The van der Waals surface area contributed by atoms with Crippen molar-refractivity contribution in [1.29, 1.82) is 0 Å². The van der Waals surface area contributed by atoms with Crippen LogP contribution in [0.3, 0.4) is 0 Å². The first kappa shape index (κ1) is 17.4. The minimum absolute atomic E-state index is 0.147. The van der Waals surface area contributed by atoms with Gasteiger partial charge in [0, 0.05) is 22.7 Å². The third kappa shape index (κ3) is 4.75. The minimum atomic E-state index is -3.74. The molecular formula is C15H15ClN2O4S. The molecule has 0 aliphatic heterocycles. The summed E-state index contributed by atoms with van der Waals surface area (Å²) in [7, 11) is -3.74. The lowest BCUT2D eigenvalue weighted by molar-refractivity contribution is -0.385. The quantitative estimate of drug-likeness (QED) is 0.635. The van der Waals surface area contributed by atoms with Crippen LogP contribution in [0, 0.1) is 10.1 Å². The van der Waals surface area contributed by atoms with E-state index in [1.807, 2.05) is 0 Å². The number of nitrogens with one attached hydrogen (secondary N) is 1. The molecule has 6 nitrogen and oxygen atoms in total. The van der Waals surface area contributed by atoms with Crippen molar-refractivity contribution in [3.63, 3.8) is 0 Å². The number of halogens is 1. The minimum Gasteiger partial charge on any atom is -0.258 e. The van der Waals surface area contributed by atoms with E-state index in [1.54, 1.807) is 37.3 Å². The average molecular weight is 355 g/mol. The number of nitro groups is 1. The van der Waals surface area contributed by atoms with Crippen molar-refractivity contribution in [1.82, 2.24) is 4.72 Å². The van der Waals surface area contributed by atoms with Gasteiger partial charge in [-0.15, -0.1) is 0 Å². The lowest BCUT2D eigenvalue weighted by Gasteiger charge is -2.15. The van der Waals surface area contributed by atoms with E-state index in [-0.39, 0.29) is 11.3 Å². The molecule has 0 saturated heterocycles. The van der Waals surface area contributed by atoms with Crippen molar-refractivity contribution in [3.05, 3.63) is 74.8 Å². The van der Waals surface area contributed by atoms with Crippen LogP contribution in [-0.2, 0) is 15.8 Å². The molecule has 2 rings (SSSR count). The van der Waals surface area contributed by atoms with Gasteiger partial charge in [-0.05, 0) is 24.6 Å². The molecule has 8 heteroatoms. The van der Waals surface area contributed by atoms with E-state index in [0.29, 0.717) is 5.02 Å². The zero-order chi connectivity index (χ0) is 17.0. The van der Waals surface area contributed by atoms with E-state index in [2.05, 4.69) is 4.72 Å². The Labute approximate surface area is 139 Å². The Morgan fingerprint density at radius 1 is 1.17 bits per heavy atom. The van der Waals surface area contributed by atoms with Crippen LogP contribution in [0.1, 0.15) is 24.1 Å². The second-order valence-electron chi connectivity index (χ2n) is 5.04. The van der Waals surface area contributed by atoms with Crippen molar-refractivity contribution >= 4 is 27.3 Å². The van der Waals surface area contributed by atoms with Gasteiger partial charge in [0.25, 0.3) is 5.69 Å². The monoisotopic (exact) mass is 354 g/mol. The van der Waals surface area contributed by atoms with E-state index < -0.39 is 26.7 Å². The number of nitrogens with zero attached hydrogens (tertiary/aromatic N) is 1. The number of hydrogen-bond donors (Lipinski definition) is 1. The summed E-state index contributed by atoms with van der Waals surface area (Å²) in [5, 5.41) is 11.5. The first-order valence-corrected chi connectivity index (χ1v) is 8.79. The predicted molar refractivity (Wildman–Crippen MR) is 88.7 cm³/mol. The van der Waals surface area contributed by atoms with Crippen LogP contribution in [0.15, 0.2) is 48.5 Å². The Kier molecular flexibility index (Phi) is 5.35. The standard InChI is InChI=1S/C15H15ClN2O4S/c1-11(12-6-8-14(16)9-7-12)17-23(21,22)10-13-4-2-3-5-15(13)18(19)20/h2-9,11,17H,10H2,1H3. The third-order valence-corrected chi connectivity index (χ3v) is 4.92. The number of hydrogen-bond acceptors (Lipinski definition) is 4. The average Bonchev–Trinajstić information content (AvgIpc) is 2.47. The second-order valence-corrected chi connectivity index (χ2v) is 7.23. The Morgan fingerprint density at radius 2 is 1.78 bits per heavy atom. The molecule has 0 amide bonds. The SMILES string of the molecule is CC(NS(=O)(=O)Cc1ccccc1[N+](=O)[O-])c1ccc(Cl)cc1. The van der Waals surface area contributed by atoms with Crippen LogP contribution in [-0.4, -0.2) is 13.3 Å². The van der Waals surface area contributed by atoms with Crippen molar-refractivity contribution in [3.8, 4) is 0 Å². The van der Waals surface area contributed by atoms with Crippen LogP contribution in [0.25, 0.3) is 0 Å². The van der Waals surface area contributed by atoms with Gasteiger partial charge in [-0.1, -0.05) is 41.9 Å². The predicted octanol–water partition coefficient (Wildman–Crippen LogP) is 3.43. The summed E-state index contributed by atoms with van der Waals surface area (Å²) in [6.45, 7) is 1.69. The maximum Gasteiger partial charge on any atom is 0.273 e. The number of benzene rings is 2. The summed E-state index contributed by atoms with van der Waals surface area (Å²) in [6, 6.07) is 12.1. The zero-order valence-corrected chi connectivity index (χ0v) is 13.8. The summed E-state index contributed by atoms with van der Waals surface area (Å²) < 4.78 is 27.0. The second kappa shape index (κ2) is 7.08. The molecule has 0 aliphatic carbocycles. The molecular weight excluding hydrogens is 340 g/mol. The van der Waals surface area contributed by atoms with Crippen molar-refractivity contribution in [2.75, 3.05) is 0 Å². The molecule has 0 aliphatic rings. The summed E-state index contributed by atoms with van der Waals surface area (Å²) >= 11 is 5.80. The van der Waals surface area contributed by atoms with Crippen LogP contribution < -0.4 is 4.72 Å². The van der Waals surface area contributed by atoms with Gasteiger partial charge in [-0.3, -0.25) is 10.1 Å². The molecule has 0 radical (unpaired) electrons. The fourth-order valence-corrected chi connectivity index (χ4v) is 3.68. The van der Waals surface area contributed by atoms with E-state index in [1.165, 1.54) is 18.2 Å². The highest BCUT2D eigenvalue weighted by molar-refractivity contribution is 7.88. The highest BCUT2D eigenvalue weighted by Gasteiger charge is 2.21. The van der Waals surface area contributed by atoms with Gasteiger partial charge in [-0.2, -0.15) is 0 Å². The summed E-state index contributed by atoms with van der Waals surface area (Å²) in [4.78, 5) is 10.4. The van der Waals surface area contributed by atoms with Gasteiger partial charge >= 0.3 is 0 Å². The fraction of sp³-hybridized carbons (Fsp3) is 0.200. The molecule has 23 heavy (non-hydrogen) atoms. The molecule has 122 valence electrons. The maximum atomic E-state index is 12.3. The first-order valence-electron chi connectivity index (χ1n) is 6.76. The summed E-state index contributed by atoms with van der Waals surface area (Å²) in [5.41, 5.74) is 0.686. The van der Waals surface area contributed by atoms with Crippen LogP contribution in [0.4, 0.5) is 5.69 Å². The van der Waals surface area contributed by atoms with Gasteiger partial charge < -0.3 is 0 Å². The molecule has 2 aromatic carbocycles. The van der Waals surface area contributed by atoms with E-state index in [4.69, 9.17) is 11.6 Å². The fourth-order valence-electron chi connectivity index (χ4n) is 2.15. The third-order valence-electron chi connectivity index (χ3n) is 3.26. The van der Waals surface area contributed by atoms with E-state index in [9.17, 15) is 18.5 Å². The number of nitro benzene ring substituents is 1. The Balaban J connectivity index is 2.16. The van der Waals surface area contributed by atoms with Gasteiger partial charge in [0.05, 0.1) is 10.7 Å². The van der Waals surface area contributed by atoms with Gasteiger partial charge in [0.2, 0.25) is 10.0 Å². The smallest absolute Gasteiger partial charge is 0.258 e. The van der Waals surface area contributed by atoms with Crippen LogP contribution >= 0.6 is 11.6 Å². The largest absolute Gasteiger partial charge is 0.273 e. The molecule has 0 fully saturated rings. The molecule has 0 spiro atoms. The number of sulfonamides is 1. The molecule has 1 N–H and O–H groups in total. The van der Waals surface area contributed by atoms with Crippen LogP contribution in [0.2, 0.25) is 5.02 Å². The highest BCUT2D eigenvalue weighted by atomic mass is 35.5. The lowest BCUT2D eigenvalue weighted by Crippen LogP contribution is -2.28. The van der Waals surface area contributed by atoms with E-state index >= 15 is 0 Å². The molecule has 0 bridgehead atoms. The zero-order valence-electron chi connectivity index (χ0n) is 12.3. The molecule has 1 atom stereocenters. The summed E-state index contributed by atoms with van der Waals surface area (Å²) in [6.07, 6.45) is 0.